The number of benzene rings is 1. The average Bonchev–Trinajstić information content (AvgIpc) is 2.54. The molecule has 1 aliphatic rings. The Labute approximate surface area is 154 Å². The van der Waals surface area contributed by atoms with Crippen molar-refractivity contribution in [1.82, 2.24) is 9.62 Å². The van der Waals surface area contributed by atoms with Crippen LogP contribution in [0.1, 0.15) is 13.8 Å². The number of carbonyl (C=O) groups is 1. The van der Waals surface area contributed by atoms with Gasteiger partial charge in [0.05, 0.1) is 6.26 Å². The van der Waals surface area contributed by atoms with E-state index in [0.717, 1.165) is 11.4 Å². The van der Waals surface area contributed by atoms with E-state index in [4.69, 9.17) is 12.2 Å². The molecule has 1 aromatic carbocycles. The number of sulfonamides is 1. The van der Waals surface area contributed by atoms with Gasteiger partial charge in [0.15, 0.2) is 5.11 Å². The summed E-state index contributed by atoms with van der Waals surface area (Å²) < 4.78 is 24.6. The monoisotopic (exact) mass is 384 g/mol. The first-order valence-electron chi connectivity index (χ1n) is 8.09. The Balaban J connectivity index is 1.90. The third-order valence-corrected chi connectivity index (χ3v) is 5.47. The van der Waals surface area contributed by atoms with Gasteiger partial charge < -0.3 is 15.5 Å². The molecular formula is C16H24N4O3S2. The second kappa shape index (κ2) is 8.11. The largest absolute Gasteiger partial charge is 0.369 e. The summed E-state index contributed by atoms with van der Waals surface area (Å²) in [5, 5.41) is 5.88. The normalized spacial score (nSPS) is 15.9. The first-order valence-corrected chi connectivity index (χ1v) is 10.3. The lowest BCUT2D eigenvalue weighted by Gasteiger charge is -2.34. The van der Waals surface area contributed by atoms with Crippen LogP contribution in [0.15, 0.2) is 24.3 Å². The number of amides is 1. The molecule has 0 spiro atoms. The van der Waals surface area contributed by atoms with Crippen LogP contribution in [0.25, 0.3) is 0 Å². The fourth-order valence-electron chi connectivity index (χ4n) is 2.45. The van der Waals surface area contributed by atoms with Crippen LogP contribution in [-0.2, 0) is 14.8 Å². The van der Waals surface area contributed by atoms with E-state index in [1.165, 1.54) is 10.6 Å². The van der Waals surface area contributed by atoms with Crippen LogP contribution >= 0.6 is 12.2 Å². The highest BCUT2D eigenvalue weighted by Crippen LogP contribution is 2.20. The van der Waals surface area contributed by atoms with Crippen LogP contribution in [0.3, 0.4) is 0 Å². The minimum atomic E-state index is -3.12. The standard InChI is InChI=1S/C16H24N4O3S2/c1-12(2)15(21)18-16(24)17-13-4-6-14(7-5-13)19-8-10-20(11-9-19)25(3,22)23/h4-7,12H,8-11H2,1-3H3,(H2,17,18,21,24). The van der Waals surface area contributed by atoms with Crippen molar-refractivity contribution in [3.63, 3.8) is 0 Å². The van der Waals surface area contributed by atoms with Gasteiger partial charge in [0.25, 0.3) is 0 Å². The summed E-state index contributed by atoms with van der Waals surface area (Å²) in [4.78, 5) is 13.8. The minimum absolute atomic E-state index is 0.127. The molecule has 7 nitrogen and oxygen atoms in total. The molecule has 0 radical (unpaired) electrons. The van der Waals surface area contributed by atoms with E-state index in [9.17, 15) is 13.2 Å². The van der Waals surface area contributed by atoms with Crippen molar-refractivity contribution in [2.24, 2.45) is 5.92 Å². The van der Waals surface area contributed by atoms with Crippen molar-refractivity contribution in [2.75, 3.05) is 42.7 Å². The molecule has 0 aromatic heterocycles. The molecule has 1 heterocycles. The molecule has 0 atom stereocenters. The van der Waals surface area contributed by atoms with E-state index < -0.39 is 10.0 Å². The van der Waals surface area contributed by atoms with Crippen molar-refractivity contribution in [3.05, 3.63) is 24.3 Å². The Kier molecular flexibility index (Phi) is 6.36. The number of thiocarbonyl (C=S) groups is 1. The van der Waals surface area contributed by atoms with Crippen LogP contribution in [0.5, 0.6) is 0 Å². The SMILES string of the molecule is CC(C)C(=O)NC(=S)Nc1ccc(N2CCN(S(C)(=O)=O)CC2)cc1. The highest BCUT2D eigenvalue weighted by atomic mass is 32.2. The fraction of sp³-hybridized carbons (Fsp3) is 0.500. The number of anilines is 2. The van der Waals surface area contributed by atoms with Crippen LogP contribution in [-0.4, -0.2) is 56.2 Å². The minimum Gasteiger partial charge on any atom is -0.369 e. The molecule has 1 aromatic rings. The second-order valence-corrected chi connectivity index (χ2v) is 8.68. The van der Waals surface area contributed by atoms with E-state index >= 15 is 0 Å². The predicted molar refractivity (Wildman–Crippen MR) is 104 cm³/mol. The Bertz CT molecular complexity index is 724. The molecule has 138 valence electrons. The molecule has 25 heavy (non-hydrogen) atoms. The van der Waals surface area contributed by atoms with E-state index in [2.05, 4.69) is 15.5 Å². The third-order valence-electron chi connectivity index (χ3n) is 3.96. The Morgan fingerprint density at radius 3 is 2.16 bits per heavy atom. The molecule has 1 fully saturated rings. The first-order chi connectivity index (χ1) is 11.7. The van der Waals surface area contributed by atoms with Crippen molar-refractivity contribution in [2.45, 2.75) is 13.8 Å². The van der Waals surface area contributed by atoms with E-state index in [1.807, 2.05) is 24.3 Å². The molecule has 0 unspecified atom stereocenters. The molecule has 0 saturated carbocycles. The zero-order valence-corrected chi connectivity index (χ0v) is 16.3. The topological polar surface area (TPSA) is 81.8 Å². The average molecular weight is 385 g/mol. The number of nitrogens with one attached hydrogen (secondary N) is 2. The van der Waals surface area contributed by atoms with Crippen LogP contribution in [0, 0.1) is 5.92 Å². The lowest BCUT2D eigenvalue weighted by Crippen LogP contribution is -2.48. The maximum Gasteiger partial charge on any atom is 0.228 e. The fourth-order valence-corrected chi connectivity index (χ4v) is 3.50. The quantitative estimate of drug-likeness (QED) is 0.760. The highest BCUT2D eigenvalue weighted by Gasteiger charge is 2.23. The molecule has 1 aliphatic heterocycles. The smallest absolute Gasteiger partial charge is 0.228 e. The van der Waals surface area contributed by atoms with Crippen molar-refractivity contribution in [3.8, 4) is 0 Å². The lowest BCUT2D eigenvalue weighted by atomic mass is 10.2. The summed E-state index contributed by atoms with van der Waals surface area (Å²) >= 11 is 5.12. The molecular weight excluding hydrogens is 360 g/mol. The molecule has 2 rings (SSSR count). The van der Waals surface area contributed by atoms with Gasteiger partial charge in [-0.3, -0.25) is 4.79 Å². The highest BCUT2D eigenvalue weighted by molar-refractivity contribution is 7.88. The van der Waals surface area contributed by atoms with E-state index in [0.29, 0.717) is 26.2 Å². The van der Waals surface area contributed by atoms with Gasteiger partial charge in [-0.2, -0.15) is 4.31 Å². The van der Waals surface area contributed by atoms with Crippen LogP contribution in [0.4, 0.5) is 11.4 Å². The molecule has 1 amide bonds. The van der Waals surface area contributed by atoms with Gasteiger partial charge >= 0.3 is 0 Å². The van der Waals surface area contributed by atoms with Crippen molar-refractivity contribution in [1.29, 1.82) is 0 Å². The van der Waals surface area contributed by atoms with Gasteiger partial charge in [-0.05, 0) is 36.5 Å². The maximum absolute atomic E-state index is 11.6. The number of carbonyl (C=O) groups excluding carboxylic acids is 1. The van der Waals surface area contributed by atoms with Gasteiger partial charge in [0, 0.05) is 43.5 Å². The zero-order valence-electron chi connectivity index (χ0n) is 14.7. The summed E-state index contributed by atoms with van der Waals surface area (Å²) in [5.41, 5.74) is 1.81. The Morgan fingerprint density at radius 1 is 1.12 bits per heavy atom. The van der Waals surface area contributed by atoms with Gasteiger partial charge in [-0.1, -0.05) is 13.8 Å². The molecule has 0 bridgehead atoms. The number of nitrogens with zero attached hydrogens (tertiary/aromatic N) is 2. The number of hydrogen-bond acceptors (Lipinski definition) is 5. The molecule has 0 aliphatic carbocycles. The van der Waals surface area contributed by atoms with E-state index in [-0.39, 0.29) is 16.9 Å². The van der Waals surface area contributed by atoms with Crippen LogP contribution < -0.4 is 15.5 Å². The molecule has 2 N–H and O–H groups in total. The predicted octanol–water partition coefficient (Wildman–Crippen LogP) is 1.24. The summed E-state index contributed by atoms with van der Waals surface area (Å²) in [5.74, 6) is -0.259. The summed E-state index contributed by atoms with van der Waals surface area (Å²) in [6.07, 6.45) is 1.24. The molecule has 1 saturated heterocycles. The van der Waals surface area contributed by atoms with Crippen molar-refractivity contribution >= 4 is 44.6 Å². The van der Waals surface area contributed by atoms with E-state index in [1.54, 1.807) is 13.8 Å². The summed E-state index contributed by atoms with van der Waals surface area (Å²) in [7, 11) is -3.12. The Hall–Kier alpha value is -1.71. The van der Waals surface area contributed by atoms with Gasteiger partial charge in [-0.25, -0.2) is 8.42 Å². The van der Waals surface area contributed by atoms with Crippen LogP contribution in [0.2, 0.25) is 0 Å². The number of hydrogen-bond donors (Lipinski definition) is 2. The zero-order chi connectivity index (χ0) is 18.6. The Morgan fingerprint density at radius 2 is 1.68 bits per heavy atom. The lowest BCUT2D eigenvalue weighted by molar-refractivity contribution is -0.122. The summed E-state index contributed by atoms with van der Waals surface area (Å²) in [6.45, 7) is 5.90. The number of piperazine rings is 1. The number of rotatable bonds is 4. The molecule has 9 heteroatoms. The van der Waals surface area contributed by atoms with Gasteiger partial charge in [0.2, 0.25) is 15.9 Å². The van der Waals surface area contributed by atoms with Crippen molar-refractivity contribution < 1.29 is 13.2 Å². The maximum atomic E-state index is 11.6. The third kappa shape index (κ3) is 5.65. The van der Waals surface area contributed by atoms with Gasteiger partial charge in [0.1, 0.15) is 0 Å². The first kappa shape index (κ1) is 19.6. The second-order valence-electron chi connectivity index (χ2n) is 6.29. The van der Waals surface area contributed by atoms with Gasteiger partial charge in [-0.15, -0.1) is 0 Å². The summed E-state index contributed by atoms with van der Waals surface area (Å²) in [6, 6.07) is 7.66.